The lowest BCUT2D eigenvalue weighted by Gasteiger charge is -2.13. The lowest BCUT2D eigenvalue weighted by Crippen LogP contribution is -2.35. The van der Waals surface area contributed by atoms with E-state index >= 15 is 0 Å². The van der Waals surface area contributed by atoms with Gasteiger partial charge in [-0.25, -0.2) is 0 Å². The summed E-state index contributed by atoms with van der Waals surface area (Å²) in [6.45, 7) is 1.78. The van der Waals surface area contributed by atoms with Crippen molar-refractivity contribution in [2.75, 3.05) is 18.1 Å². The van der Waals surface area contributed by atoms with Gasteiger partial charge in [-0.3, -0.25) is 9.78 Å². The molecule has 0 spiro atoms. The number of hydrogen-bond donors (Lipinski definition) is 3. The molecule has 0 saturated carbocycles. The van der Waals surface area contributed by atoms with Crippen LogP contribution >= 0.6 is 11.5 Å². The number of amides is 1. The van der Waals surface area contributed by atoms with Crippen molar-refractivity contribution in [2.45, 2.75) is 13.0 Å². The van der Waals surface area contributed by atoms with Crippen molar-refractivity contribution in [3.63, 3.8) is 0 Å². The van der Waals surface area contributed by atoms with Gasteiger partial charge in [-0.2, -0.15) is 4.37 Å². The number of nitrogens with zero attached hydrogens (tertiary/aromatic N) is 2. The van der Waals surface area contributed by atoms with Crippen molar-refractivity contribution in [2.24, 2.45) is 0 Å². The maximum absolute atomic E-state index is 11.5. The van der Waals surface area contributed by atoms with E-state index in [0.29, 0.717) is 5.82 Å². The van der Waals surface area contributed by atoms with Gasteiger partial charge < -0.3 is 16.4 Å². The summed E-state index contributed by atoms with van der Waals surface area (Å²) in [7, 11) is 1.60. The quantitative estimate of drug-likeness (QED) is 0.784. The van der Waals surface area contributed by atoms with E-state index in [1.54, 1.807) is 26.4 Å². The van der Waals surface area contributed by atoms with Crippen molar-refractivity contribution < 1.29 is 4.79 Å². The molecule has 6 nitrogen and oxygen atoms in total. The van der Waals surface area contributed by atoms with E-state index in [2.05, 4.69) is 20.0 Å². The Morgan fingerprint density at radius 1 is 1.42 bits per heavy atom. The Hall–Kier alpha value is -2.15. The summed E-state index contributed by atoms with van der Waals surface area (Å²) < 4.78 is 4.14. The SMILES string of the molecule is CNC(=O)C(C)Nc1snc(N)c1-c1ccncc1. The fourth-order valence-corrected chi connectivity index (χ4v) is 2.50. The maximum Gasteiger partial charge on any atom is 0.241 e. The zero-order chi connectivity index (χ0) is 13.8. The van der Waals surface area contributed by atoms with Gasteiger partial charge in [0.05, 0.1) is 5.56 Å². The first kappa shape index (κ1) is 13.3. The van der Waals surface area contributed by atoms with Crippen LogP contribution in [0.15, 0.2) is 24.5 Å². The number of likely N-dealkylation sites (N-methyl/N-ethyl adjacent to an activating group) is 1. The first-order valence-corrected chi connectivity index (χ1v) is 6.54. The molecule has 1 unspecified atom stereocenters. The van der Waals surface area contributed by atoms with E-state index in [0.717, 1.165) is 16.1 Å². The molecule has 0 aliphatic rings. The molecule has 0 aliphatic carbocycles. The van der Waals surface area contributed by atoms with Crippen LogP contribution in [0.5, 0.6) is 0 Å². The minimum absolute atomic E-state index is 0.0901. The number of carbonyl (C=O) groups is 1. The van der Waals surface area contributed by atoms with Crippen molar-refractivity contribution in [1.82, 2.24) is 14.7 Å². The smallest absolute Gasteiger partial charge is 0.241 e. The second-order valence-electron chi connectivity index (χ2n) is 3.99. The number of pyridine rings is 1. The molecule has 1 amide bonds. The molecule has 2 aromatic heterocycles. The minimum Gasteiger partial charge on any atom is -0.382 e. The summed E-state index contributed by atoms with van der Waals surface area (Å²) in [6, 6.07) is 3.36. The number of rotatable bonds is 4. The topological polar surface area (TPSA) is 92.9 Å². The summed E-state index contributed by atoms with van der Waals surface area (Å²) in [4.78, 5) is 15.5. The van der Waals surface area contributed by atoms with Crippen LogP contribution in [0.2, 0.25) is 0 Å². The van der Waals surface area contributed by atoms with E-state index in [-0.39, 0.29) is 11.9 Å². The summed E-state index contributed by atoms with van der Waals surface area (Å²) in [5, 5.41) is 6.49. The van der Waals surface area contributed by atoms with Crippen LogP contribution in [-0.2, 0) is 4.79 Å². The lowest BCUT2D eigenvalue weighted by atomic mass is 10.1. The molecule has 4 N–H and O–H groups in total. The molecule has 0 saturated heterocycles. The highest BCUT2D eigenvalue weighted by Crippen LogP contribution is 2.36. The Bertz CT molecular complexity index is 569. The predicted octanol–water partition coefficient (Wildman–Crippen LogP) is 1.33. The van der Waals surface area contributed by atoms with E-state index < -0.39 is 0 Å². The number of anilines is 2. The second-order valence-corrected chi connectivity index (χ2v) is 4.76. The number of nitrogen functional groups attached to an aromatic ring is 1. The predicted molar refractivity (Wildman–Crippen MR) is 76.9 cm³/mol. The van der Waals surface area contributed by atoms with E-state index in [1.807, 2.05) is 12.1 Å². The van der Waals surface area contributed by atoms with Gasteiger partial charge in [0.25, 0.3) is 0 Å². The second kappa shape index (κ2) is 5.66. The average Bonchev–Trinajstić information content (AvgIpc) is 2.79. The molecule has 2 rings (SSSR count). The van der Waals surface area contributed by atoms with Crippen molar-refractivity contribution in [1.29, 1.82) is 0 Å². The summed E-state index contributed by atoms with van der Waals surface area (Å²) >= 11 is 1.24. The first-order valence-electron chi connectivity index (χ1n) is 5.77. The molecular weight excluding hydrogens is 262 g/mol. The Morgan fingerprint density at radius 2 is 2.11 bits per heavy atom. The molecule has 2 heterocycles. The van der Waals surface area contributed by atoms with Gasteiger partial charge in [-0.05, 0) is 36.2 Å². The molecule has 0 bridgehead atoms. The largest absolute Gasteiger partial charge is 0.382 e. The third kappa shape index (κ3) is 2.82. The van der Waals surface area contributed by atoms with Crippen molar-refractivity contribution >= 4 is 28.3 Å². The molecule has 19 heavy (non-hydrogen) atoms. The number of nitrogens with two attached hydrogens (primary N) is 1. The standard InChI is InChI=1S/C12H15N5OS/c1-7(11(18)14-2)16-12-9(10(13)17-19-12)8-3-5-15-6-4-8/h3-7,16H,1-2H3,(H2,13,17)(H,14,18). The average molecular weight is 277 g/mol. The zero-order valence-corrected chi connectivity index (χ0v) is 11.5. The molecule has 1 atom stereocenters. The first-order chi connectivity index (χ1) is 9.13. The molecule has 0 aromatic carbocycles. The van der Waals surface area contributed by atoms with Crippen LogP contribution in [-0.4, -0.2) is 28.4 Å². The van der Waals surface area contributed by atoms with Crippen LogP contribution in [0, 0.1) is 0 Å². The third-order valence-corrected chi connectivity index (χ3v) is 3.47. The highest BCUT2D eigenvalue weighted by Gasteiger charge is 2.18. The summed E-state index contributed by atoms with van der Waals surface area (Å²) in [5.41, 5.74) is 7.63. The Labute approximate surface area is 115 Å². The van der Waals surface area contributed by atoms with Gasteiger partial charge in [0.2, 0.25) is 5.91 Å². The van der Waals surface area contributed by atoms with Gasteiger partial charge in [-0.1, -0.05) is 0 Å². The minimum atomic E-state index is -0.356. The van der Waals surface area contributed by atoms with Gasteiger partial charge in [0.1, 0.15) is 16.9 Å². The molecule has 0 fully saturated rings. The van der Waals surface area contributed by atoms with Gasteiger partial charge in [0.15, 0.2) is 0 Å². The molecule has 0 radical (unpaired) electrons. The van der Waals surface area contributed by atoms with Crippen LogP contribution < -0.4 is 16.4 Å². The zero-order valence-electron chi connectivity index (χ0n) is 10.7. The van der Waals surface area contributed by atoms with Crippen molar-refractivity contribution in [3.8, 4) is 11.1 Å². The number of aromatic nitrogens is 2. The molecular formula is C12H15N5OS. The van der Waals surface area contributed by atoms with Gasteiger partial charge in [0, 0.05) is 19.4 Å². The van der Waals surface area contributed by atoms with E-state index in [4.69, 9.17) is 5.73 Å². The highest BCUT2D eigenvalue weighted by molar-refractivity contribution is 7.11. The third-order valence-electron chi connectivity index (χ3n) is 2.67. The summed E-state index contributed by atoms with van der Waals surface area (Å²) in [6.07, 6.45) is 3.39. The molecule has 7 heteroatoms. The fraction of sp³-hybridized carbons (Fsp3) is 0.250. The molecule has 0 aliphatic heterocycles. The van der Waals surface area contributed by atoms with Gasteiger partial charge >= 0.3 is 0 Å². The monoisotopic (exact) mass is 277 g/mol. The Kier molecular flexibility index (Phi) is 3.96. The van der Waals surface area contributed by atoms with Crippen LogP contribution in [0.3, 0.4) is 0 Å². The van der Waals surface area contributed by atoms with Crippen molar-refractivity contribution in [3.05, 3.63) is 24.5 Å². The number of hydrogen-bond acceptors (Lipinski definition) is 6. The van der Waals surface area contributed by atoms with E-state index in [9.17, 15) is 4.79 Å². The maximum atomic E-state index is 11.5. The van der Waals surface area contributed by atoms with Crippen LogP contribution in [0.4, 0.5) is 10.8 Å². The molecule has 100 valence electrons. The van der Waals surface area contributed by atoms with Gasteiger partial charge in [-0.15, -0.1) is 0 Å². The van der Waals surface area contributed by atoms with Crippen LogP contribution in [0.1, 0.15) is 6.92 Å². The molecule has 2 aromatic rings. The van der Waals surface area contributed by atoms with Crippen LogP contribution in [0.25, 0.3) is 11.1 Å². The summed E-state index contributed by atoms with van der Waals surface area (Å²) in [5.74, 6) is 0.357. The van der Waals surface area contributed by atoms with E-state index in [1.165, 1.54) is 11.5 Å². The number of nitrogens with one attached hydrogen (secondary N) is 2. The highest BCUT2D eigenvalue weighted by atomic mass is 32.1. The normalized spacial score (nSPS) is 11.9. The lowest BCUT2D eigenvalue weighted by molar-refractivity contribution is -0.121. The number of carbonyl (C=O) groups excluding carboxylic acids is 1. The Morgan fingerprint density at radius 3 is 2.74 bits per heavy atom. The fourth-order valence-electron chi connectivity index (χ4n) is 1.68. The Balaban J connectivity index is 2.31.